The van der Waals surface area contributed by atoms with Gasteiger partial charge in [-0.3, -0.25) is 14.5 Å². The molecule has 0 radical (unpaired) electrons. The quantitative estimate of drug-likeness (QED) is 0.691. The number of hydrogen-bond donors (Lipinski definition) is 2. The minimum atomic E-state index is -3.58. The molecular formula is C19H29ClN4O4S. The van der Waals surface area contributed by atoms with Crippen LogP contribution in [-0.2, 0) is 19.6 Å². The summed E-state index contributed by atoms with van der Waals surface area (Å²) >= 11 is 0. The lowest BCUT2D eigenvalue weighted by molar-refractivity contribution is -0.123. The third-order valence-electron chi connectivity index (χ3n) is 5.23. The smallest absolute Gasteiger partial charge is 0.243 e. The Bertz CT molecular complexity index is 802. The van der Waals surface area contributed by atoms with E-state index in [0.29, 0.717) is 44.5 Å². The number of nitrogens with zero attached hydrogens (tertiary/aromatic N) is 2. The molecule has 8 nitrogen and oxygen atoms in total. The summed E-state index contributed by atoms with van der Waals surface area (Å²) < 4.78 is 27.1. The Morgan fingerprint density at radius 1 is 1.03 bits per heavy atom. The van der Waals surface area contributed by atoms with Crippen LogP contribution < -0.4 is 10.6 Å². The van der Waals surface area contributed by atoms with Crippen LogP contribution in [0.5, 0.6) is 0 Å². The number of benzene rings is 1. The van der Waals surface area contributed by atoms with E-state index in [1.54, 1.807) is 12.1 Å². The summed E-state index contributed by atoms with van der Waals surface area (Å²) in [5, 5.41) is 5.69. The molecule has 1 saturated heterocycles. The zero-order valence-corrected chi connectivity index (χ0v) is 18.2. The number of hydrogen-bond acceptors (Lipinski definition) is 5. The highest BCUT2D eigenvalue weighted by Gasteiger charge is 2.29. The van der Waals surface area contributed by atoms with Crippen molar-refractivity contribution >= 4 is 39.9 Å². The number of carbonyl (C=O) groups is 2. The first-order chi connectivity index (χ1) is 13.3. The lowest BCUT2D eigenvalue weighted by Crippen LogP contribution is -2.51. The van der Waals surface area contributed by atoms with Crippen molar-refractivity contribution in [1.29, 1.82) is 0 Å². The van der Waals surface area contributed by atoms with Crippen LogP contribution in [0.4, 0.5) is 5.69 Å². The van der Waals surface area contributed by atoms with Gasteiger partial charge in [0.25, 0.3) is 0 Å². The fourth-order valence-electron chi connectivity index (χ4n) is 3.74. The van der Waals surface area contributed by atoms with E-state index in [4.69, 9.17) is 0 Å². The van der Waals surface area contributed by atoms with Crippen molar-refractivity contribution in [2.45, 2.75) is 43.5 Å². The molecule has 0 atom stereocenters. The number of anilines is 1. The van der Waals surface area contributed by atoms with Gasteiger partial charge in [-0.2, -0.15) is 4.31 Å². The van der Waals surface area contributed by atoms with Gasteiger partial charge >= 0.3 is 0 Å². The largest absolute Gasteiger partial charge is 0.352 e. The van der Waals surface area contributed by atoms with E-state index < -0.39 is 10.0 Å². The lowest BCUT2D eigenvalue weighted by Gasteiger charge is -2.33. The maximum absolute atomic E-state index is 12.8. The lowest BCUT2D eigenvalue weighted by atomic mass is 10.2. The molecule has 2 fully saturated rings. The van der Waals surface area contributed by atoms with E-state index in [9.17, 15) is 18.0 Å². The average Bonchev–Trinajstić information content (AvgIpc) is 3.15. The van der Waals surface area contributed by atoms with Crippen molar-refractivity contribution in [3.05, 3.63) is 24.3 Å². The van der Waals surface area contributed by atoms with Gasteiger partial charge < -0.3 is 10.6 Å². The normalized spacial score (nSPS) is 18.8. The molecule has 0 aromatic heterocycles. The molecule has 0 unspecified atom stereocenters. The third kappa shape index (κ3) is 6.40. The molecule has 1 saturated carbocycles. The Kier molecular flexibility index (Phi) is 8.45. The van der Waals surface area contributed by atoms with Crippen LogP contribution in [0.15, 0.2) is 29.2 Å². The SMILES string of the molecule is CC(=O)Nc1ccc(S(=O)(=O)N2CCN(CC(=O)NC3CCCC3)CC2)cc1.Cl. The summed E-state index contributed by atoms with van der Waals surface area (Å²) in [5.41, 5.74) is 0.560. The first kappa shape index (κ1) is 23.6. The first-order valence-corrected chi connectivity index (χ1v) is 11.2. The van der Waals surface area contributed by atoms with Gasteiger partial charge in [-0.05, 0) is 37.1 Å². The van der Waals surface area contributed by atoms with Gasteiger partial charge in [-0.25, -0.2) is 8.42 Å². The topological polar surface area (TPSA) is 98.8 Å². The zero-order chi connectivity index (χ0) is 20.1. The number of rotatable bonds is 6. The van der Waals surface area contributed by atoms with Crippen LogP contribution in [0.3, 0.4) is 0 Å². The summed E-state index contributed by atoms with van der Waals surface area (Å²) in [6.07, 6.45) is 4.46. The molecule has 1 heterocycles. The minimum absolute atomic E-state index is 0. The molecule has 3 rings (SSSR count). The van der Waals surface area contributed by atoms with E-state index in [1.807, 2.05) is 4.90 Å². The zero-order valence-electron chi connectivity index (χ0n) is 16.6. The van der Waals surface area contributed by atoms with Gasteiger partial charge in [-0.1, -0.05) is 12.8 Å². The van der Waals surface area contributed by atoms with Gasteiger partial charge in [-0.15, -0.1) is 12.4 Å². The van der Waals surface area contributed by atoms with Gasteiger partial charge in [0.1, 0.15) is 0 Å². The van der Waals surface area contributed by atoms with Gasteiger partial charge in [0.05, 0.1) is 11.4 Å². The van der Waals surface area contributed by atoms with Crippen molar-refractivity contribution in [3.8, 4) is 0 Å². The standard InChI is InChI=1S/C19H28N4O4S.ClH/c1-15(24)20-17-6-8-18(9-7-17)28(26,27)23-12-10-22(11-13-23)14-19(25)21-16-4-2-3-5-16;/h6-9,16H,2-5,10-14H2,1H3,(H,20,24)(H,21,25);1H. The van der Waals surface area contributed by atoms with E-state index in [1.165, 1.54) is 36.2 Å². The molecule has 0 spiro atoms. The number of nitrogens with one attached hydrogen (secondary N) is 2. The highest BCUT2D eigenvalue weighted by molar-refractivity contribution is 7.89. The molecule has 29 heavy (non-hydrogen) atoms. The highest BCUT2D eigenvalue weighted by atomic mass is 35.5. The van der Waals surface area contributed by atoms with E-state index >= 15 is 0 Å². The second-order valence-corrected chi connectivity index (χ2v) is 9.37. The Hall–Kier alpha value is -1.68. The number of amides is 2. The number of piperazine rings is 1. The summed E-state index contributed by atoms with van der Waals surface area (Å²) in [7, 11) is -3.58. The van der Waals surface area contributed by atoms with Crippen molar-refractivity contribution < 1.29 is 18.0 Å². The average molecular weight is 445 g/mol. The van der Waals surface area contributed by atoms with Crippen LogP contribution in [0.1, 0.15) is 32.6 Å². The van der Waals surface area contributed by atoms with Crippen LogP contribution >= 0.6 is 12.4 Å². The van der Waals surface area contributed by atoms with Gasteiger partial charge in [0.2, 0.25) is 21.8 Å². The maximum atomic E-state index is 12.8. The van der Waals surface area contributed by atoms with Crippen LogP contribution in [0.25, 0.3) is 0 Å². The van der Waals surface area contributed by atoms with E-state index in [-0.39, 0.29) is 29.1 Å². The second-order valence-electron chi connectivity index (χ2n) is 7.43. The molecule has 2 aliphatic rings. The molecular weight excluding hydrogens is 416 g/mol. The van der Waals surface area contributed by atoms with Crippen LogP contribution in [-0.4, -0.2) is 68.2 Å². The molecule has 0 bridgehead atoms. The second kappa shape index (κ2) is 10.4. The van der Waals surface area contributed by atoms with Crippen molar-refractivity contribution in [2.75, 3.05) is 38.0 Å². The van der Waals surface area contributed by atoms with Gasteiger partial charge in [0, 0.05) is 44.8 Å². The van der Waals surface area contributed by atoms with Crippen LogP contribution in [0.2, 0.25) is 0 Å². The Morgan fingerprint density at radius 3 is 2.17 bits per heavy atom. The number of halogens is 1. The molecule has 2 amide bonds. The summed E-state index contributed by atoms with van der Waals surface area (Å²) in [5.74, 6) is -0.180. The molecule has 162 valence electrons. The van der Waals surface area contributed by atoms with E-state index in [0.717, 1.165) is 12.8 Å². The summed E-state index contributed by atoms with van der Waals surface area (Å²) in [4.78, 5) is 25.4. The number of sulfonamides is 1. The van der Waals surface area contributed by atoms with Crippen molar-refractivity contribution in [3.63, 3.8) is 0 Å². The predicted octanol–water partition coefficient (Wildman–Crippen LogP) is 1.43. The summed E-state index contributed by atoms with van der Waals surface area (Å²) in [6.45, 7) is 3.48. The highest BCUT2D eigenvalue weighted by Crippen LogP contribution is 2.20. The minimum Gasteiger partial charge on any atom is -0.352 e. The van der Waals surface area contributed by atoms with Crippen molar-refractivity contribution in [2.24, 2.45) is 0 Å². The van der Waals surface area contributed by atoms with Gasteiger partial charge in [0.15, 0.2) is 0 Å². The van der Waals surface area contributed by atoms with E-state index in [2.05, 4.69) is 10.6 Å². The third-order valence-corrected chi connectivity index (χ3v) is 7.14. The summed E-state index contributed by atoms with van der Waals surface area (Å²) in [6, 6.07) is 6.47. The number of carbonyl (C=O) groups excluding carboxylic acids is 2. The predicted molar refractivity (Wildman–Crippen MR) is 114 cm³/mol. The monoisotopic (exact) mass is 444 g/mol. The molecule has 1 aliphatic carbocycles. The maximum Gasteiger partial charge on any atom is 0.243 e. The van der Waals surface area contributed by atoms with Crippen molar-refractivity contribution in [1.82, 2.24) is 14.5 Å². The molecule has 1 aromatic rings. The molecule has 2 N–H and O–H groups in total. The molecule has 10 heteroatoms. The molecule has 1 aliphatic heterocycles. The Balaban J connectivity index is 0.00000300. The first-order valence-electron chi connectivity index (χ1n) is 9.74. The fraction of sp³-hybridized carbons (Fsp3) is 0.579. The Morgan fingerprint density at radius 2 is 1.62 bits per heavy atom. The van der Waals surface area contributed by atoms with Crippen LogP contribution in [0, 0.1) is 0 Å². The Labute approximate surface area is 178 Å². The molecule has 1 aromatic carbocycles. The fourth-order valence-corrected chi connectivity index (χ4v) is 5.16.